The van der Waals surface area contributed by atoms with Gasteiger partial charge in [0.25, 0.3) is 0 Å². The highest BCUT2D eigenvalue weighted by Gasteiger charge is 2.35. The molecule has 1 amide bonds. The third-order valence-corrected chi connectivity index (χ3v) is 7.14. The number of likely N-dealkylation sites (tertiary alicyclic amines) is 1. The van der Waals surface area contributed by atoms with Crippen molar-refractivity contribution in [2.24, 2.45) is 0 Å². The number of nitrogen functional groups attached to an aromatic ring is 1. The number of para-hydroxylation sites is 1. The SMILES string of the molecule is CN1CCN(CC(=O)N2CC(n3nc(-c4ccc(Oc5ccccc5)cc4)c4c(N)ncnc43)C2)CC1. The van der Waals surface area contributed by atoms with Gasteiger partial charge in [-0.3, -0.25) is 9.69 Å². The van der Waals surface area contributed by atoms with E-state index in [9.17, 15) is 4.79 Å². The zero-order chi connectivity index (χ0) is 25.4. The number of nitrogens with zero attached hydrogens (tertiary/aromatic N) is 7. The van der Waals surface area contributed by atoms with Gasteiger partial charge in [-0.05, 0) is 43.4 Å². The van der Waals surface area contributed by atoms with Crippen LogP contribution in [0.25, 0.3) is 22.3 Å². The summed E-state index contributed by atoms with van der Waals surface area (Å²) in [5, 5.41) is 5.64. The Balaban J connectivity index is 1.19. The van der Waals surface area contributed by atoms with Gasteiger partial charge >= 0.3 is 0 Å². The summed E-state index contributed by atoms with van der Waals surface area (Å²) >= 11 is 0. The van der Waals surface area contributed by atoms with E-state index in [-0.39, 0.29) is 11.9 Å². The van der Waals surface area contributed by atoms with Crippen molar-refractivity contribution in [1.82, 2.24) is 34.4 Å². The van der Waals surface area contributed by atoms with Crippen LogP contribution in [0.15, 0.2) is 60.9 Å². The quantitative estimate of drug-likeness (QED) is 0.432. The number of carbonyl (C=O) groups excluding carboxylic acids is 1. The van der Waals surface area contributed by atoms with Gasteiger partial charge in [-0.1, -0.05) is 18.2 Å². The Bertz CT molecular complexity index is 1390. The number of ether oxygens (including phenoxy) is 1. The van der Waals surface area contributed by atoms with Crippen LogP contribution in [-0.2, 0) is 4.79 Å². The number of rotatable bonds is 6. The van der Waals surface area contributed by atoms with Gasteiger partial charge in [-0.15, -0.1) is 0 Å². The van der Waals surface area contributed by atoms with Crippen LogP contribution in [-0.4, -0.2) is 93.2 Å². The van der Waals surface area contributed by atoms with E-state index in [4.69, 9.17) is 15.6 Å². The molecule has 0 spiro atoms. The lowest BCUT2D eigenvalue weighted by Gasteiger charge is -2.41. The number of hydrogen-bond donors (Lipinski definition) is 1. The van der Waals surface area contributed by atoms with Crippen LogP contribution in [0.1, 0.15) is 6.04 Å². The molecule has 0 saturated carbocycles. The highest BCUT2D eigenvalue weighted by atomic mass is 16.5. The number of piperazine rings is 1. The zero-order valence-electron chi connectivity index (χ0n) is 20.8. The first-order valence-corrected chi connectivity index (χ1v) is 12.6. The number of fused-ring (bicyclic) bond motifs is 1. The molecule has 0 radical (unpaired) electrons. The average molecular weight is 499 g/mol. The first kappa shape index (κ1) is 23.4. The van der Waals surface area contributed by atoms with E-state index in [1.807, 2.05) is 64.2 Å². The molecule has 0 atom stereocenters. The molecule has 10 nitrogen and oxygen atoms in total. The average Bonchev–Trinajstić information content (AvgIpc) is 3.26. The minimum Gasteiger partial charge on any atom is -0.457 e. The minimum atomic E-state index is 0.0441. The summed E-state index contributed by atoms with van der Waals surface area (Å²) in [5.41, 5.74) is 8.59. The summed E-state index contributed by atoms with van der Waals surface area (Å²) in [6.45, 7) is 5.54. The first-order valence-electron chi connectivity index (χ1n) is 12.6. The molecule has 37 heavy (non-hydrogen) atoms. The summed E-state index contributed by atoms with van der Waals surface area (Å²) in [6.07, 6.45) is 1.46. The molecule has 10 heteroatoms. The Morgan fingerprint density at radius 2 is 1.68 bits per heavy atom. The Hall–Kier alpha value is -4.02. The highest BCUT2D eigenvalue weighted by molar-refractivity contribution is 5.98. The van der Waals surface area contributed by atoms with E-state index >= 15 is 0 Å². The summed E-state index contributed by atoms with van der Waals surface area (Å²) in [7, 11) is 2.12. The molecule has 190 valence electrons. The second-order valence-electron chi connectivity index (χ2n) is 9.72. The van der Waals surface area contributed by atoms with E-state index in [0.717, 1.165) is 54.3 Å². The molecule has 2 aliphatic heterocycles. The zero-order valence-corrected chi connectivity index (χ0v) is 20.8. The lowest BCUT2D eigenvalue weighted by molar-refractivity contribution is -0.138. The molecule has 0 unspecified atom stereocenters. The highest BCUT2D eigenvalue weighted by Crippen LogP contribution is 2.35. The van der Waals surface area contributed by atoms with E-state index in [1.54, 1.807) is 0 Å². The first-order chi connectivity index (χ1) is 18.0. The van der Waals surface area contributed by atoms with Crippen molar-refractivity contribution in [3.63, 3.8) is 0 Å². The standard InChI is InChI=1S/C27H30N8O2/c1-32-11-13-33(14-12-32)17-23(36)34-15-20(16-34)35-27-24(26(28)29-18-30-27)25(31-35)19-7-9-22(10-8-19)37-21-5-3-2-4-6-21/h2-10,18,20H,11-17H2,1H3,(H2,28,29,30). The molecule has 2 aromatic carbocycles. The van der Waals surface area contributed by atoms with Crippen molar-refractivity contribution in [2.45, 2.75) is 6.04 Å². The number of carbonyl (C=O) groups is 1. The molecule has 2 aliphatic rings. The smallest absolute Gasteiger partial charge is 0.236 e. The van der Waals surface area contributed by atoms with Crippen LogP contribution in [0.2, 0.25) is 0 Å². The third-order valence-electron chi connectivity index (χ3n) is 7.14. The van der Waals surface area contributed by atoms with Crippen molar-refractivity contribution < 1.29 is 9.53 Å². The Kier molecular flexibility index (Phi) is 6.19. The fraction of sp³-hybridized carbons (Fsp3) is 0.333. The fourth-order valence-electron chi connectivity index (χ4n) is 4.87. The van der Waals surface area contributed by atoms with Gasteiger partial charge in [0, 0.05) is 44.8 Å². The minimum absolute atomic E-state index is 0.0441. The van der Waals surface area contributed by atoms with Gasteiger partial charge in [0.1, 0.15) is 29.3 Å². The van der Waals surface area contributed by atoms with Crippen LogP contribution in [0, 0.1) is 0 Å². The van der Waals surface area contributed by atoms with Crippen molar-refractivity contribution in [2.75, 3.05) is 58.6 Å². The van der Waals surface area contributed by atoms with Gasteiger partial charge in [-0.2, -0.15) is 5.10 Å². The monoisotopic (exact) mass is 498 g/mol. The van der Waals surface area contributed by atoms with Crippen LogP contribution in [0.4, 0.5) is 5.82 Å². The van der Waals surface area contributed by atoms with Crippen molar-refractivity contribution in [1.29, 1.82) is 0 Å². The molecule has 2 aromatic heterocycles. The van der Waals surface area contributed by atoms with Crippen LogP contribution in [0.3, 0.4) is 0 Å². The Morgan fingerprint density at radius 1 is 0.973 bits per heavy atom. The maximum Gasteiger partial charge on any atom is 0.236 e. The molecule has 4 aromatic rings. The molecule has 0 aliphatic carbocycles. The van der Waals surface area contributed by atoms with Crippen molar-refractivity contribution >= 4 is 22.8 Å². The molecule has 6 rings (SSSR count). The summed E-state index contributed by atoms with van der Waals surface area (Å²) < 4.78 is 7.83. The van der Waals surface area contributed by atoms with E-state index in [1.165, 1.54) is 6.33 Å². The van der Waals surface area contributed by atoms with E-state index in [2.05, 4.69) is 26.8 Å². The predicted molar refractivity (Wildman–Crippen MR) is 141 cm³/mol. The van der Waals surface area contributed by atoms with Crippen molar-refractivity contribution in [3.8, 4) is 22.8 Å². The number of benzene rings is 2. The largest absolute Gasteiger partial charge is 0.457 e. The molecule has 0 bridgehead atoms. The number of aromatic nitrogens is 4. The maximum atomic E-state index is 12.8. The molecule has 4 heterocycles. The third kappa shape index (κ3) is 4.73. The summed E-state index contributed by atoms with van der Waals surface area (Å²) in [4.78, 5) is 28.0. The molecule has 2 N–H and O–H groups in total. The Labute approximate surface area is 215 Å². The van der Waals surface area contributed by atoms with Gasteiger partial charge < -0.3 is 20.3 Å². The summed E-state index contributed by atoms with van der Waals surface area (Å²) in [6, 6.07) is 17.5. The second-order valence-corrected chi connectivity index (χ2v) is 9.72. The predicted octanol–water partition coefficient (Wildman–Crippen LogP) is 2.50. The lowest BCUT2D eigenvalue weighted by Crippen LogP contribution is -2.55. The van der Waals surface area contributed by atoms with Gasteiger partial charge in [0.05, 0.1) is 18.0 Å². The topological polar surface area (TPSA) is 106 Å². The van der Waals surface area contributed by atoms with E-state index < -0.39 is 0 Å². The number of hydrogen-bond acceptors (Lipinski definition) is 8. The molecule has 2 saturated heterocycles. The fourth-order valence-corrected chi connectivity index (χ4v) is 4.87. The van der Waals surface area contributed by atoms with Gasteiger partial charge in [0.2, 0.25) is 5.91 Å². The van der Waals surface area contributed by atoms with Crippen LogP contribution < -0.4 is 10.5 Å². The van der Waals surface area contributed by atoms with Crippen LogP contribution in [0.5, 0.6) is 11.5 Å². The lowest BCUT2D eigenvalue weighted by atomic mass is 10.1. The number of anilines is 1. The Morgan fingerprint density at radius 3 is 2.41 bits per heavy atom. The van der Waals surface area contributed by atoms with Crippen molar-refractivity contribution in [3.05, 3.63) is 60.9 Å². The van der Waals surface area contributed by atoms with E-state index in [0.29, 0.717) is 31.1 Å². The number of amides is 1. The second kappa shape index (κ2) is 9.79. The summed E-state index contributed by atoms with van der Waals surface area (Å²) in [5.74, 6) is 2.06. The number of likely N-dealkylation sites (N-methyl/N-ethyl adjacent to an activating group) is 1. The van der Waals surface area contributed by atoms with Gasteiger partial charge in [0.15, 0.2) is 5.65 Å². The molecule has 2 fully saturated rings. The number of nitrogens with two attached hydrogens (primary N) is 1. The molecular formula is C27H30N8O2. The van der Waals surface area contributed by atoms with Gasteiger partial charge in [-0.25, -0.2) is 14.6 Å². The van der Waals surface area contributed by atoms with Crippen LogP contribution >= 0.6 is 0 Å². The molecular weight excluding hydrogens is 468 g/mol. The maximum absolute atomic E-state index is 12.8. The normalized spacial score (nSPS) is 17.2.